The number of esters is 1. The molecule has 2 aliphatic heterocycles. The second-order valence-corrected chi connectivity index (χ2v) is 8.33. The van der Waals surface area contributed by atoms with Crippen LogP contribution in [0.1, 0.15) is 25.3 Å². The van der Waals surface area contributed by atoms with Crippen LogP contribution in [0.5, 0.6) is 5.75 Å². The summed E-state index contributed by atoms with van der Waals surface area (Å²) >= 11 is 0. The van der Waals surface area contributed by atoms with Crippen LogP contribution in [0, 0.1) is 0 Å². The maximum absolute atomic E-state index is 13.2. The van der Waals surface area contributed by atoms with Gasteiger partial charge in [0, 0.05) is 18.0 Å². The number of carbonyl (C=O) groups is 3. The Morgan fingerprint density at radius 3 is 2.54 bits per heavy atom. The first kappa shape index (κ1) is 24.2. The smallest absolute Gasteiger partial charge is 0.340 e. The van der Waals surface area contributed by atoms with E-state index in [2.05, 4.69) is 5.32 Å². The minimum Gasteiger partial charge on any atom is -0.484 e. The van der Waals surface area contributed by atoms with Gasteiger partial charge in [0.15, 0.2) is 6.61 Å². The van der Waals surface area contributed by atoms with E-state index in [1.54, 1.807) is 54.3 Å². The van der Waals surface area contributed by atoms with Crippen molar-refractivity contribution in [1.82, 2.24) is 4.90 Å². The van der Waals surface area contributed by atoms with Crippen LogP contribution in [0.4, 0.5) is 5.69 Å². The molecule has 182 valence electrons. The van der Waals surface area contributed by atoms with Crippen molar-refractivity contribution in [1.29, 1.82) is 0 Å². The molecule has 1 N–H and O–H groups in total. The number of benzene rings is 2. The minimum absolute atomic E-state index is 0.0392. The van der Waals surface area contributed by atoms with Crippen molar-refractivity contribution in [2.75, 3.05) is 32.2 Å². The van der Waals surface area contributed by atoms with Gasteiger partial charge in [-0.3, -0.25) is 9.59 Å². The van der Waals surface area contributed by atoms with Crippen LogP contribution in [0.2, 0.25) is 0 Å². The van der Waals surface area contributed by atoms with Crippen molar-refractivity contribution >= 4 is 29.5 Å². The number of hydrogen-bond donors (Lipinski definition) is 1. The molecule has 0 saturated carbocycles. The summed E-state index contributed by atoms with van der Waals surface area (Å²) in [6.45, 7) is 2.70. The highest BCUT2D eigenvalue weighted by Gasteiger charge is 2.38. The highest BCUT2D eigenvalue weighted by atomic mass is 16.5. The molecule has 1 saturated heterocycles. The average molecular weight is 477 g/mol. The number of rotatable bonds is 8. The van der Waals surface area contributed by atoms with Crippen LogP contribution < -0.4 is 10.1 Å². The van der Waals surface area contributed by atoms with Crippen molar-refractivity contribution in [3.05, 3.63) is 77.0 Å². The quantitative estimate of drug-likeness (QED) is 0.463. The fourth-order valence-electron chi connectivity index (χ4n) is 4.13. The Hall–Kier alpha value is -3.91. The molecule has 2 aliphatic rings. The standard InChI is InChI=1S/C27H28N2O6/c1-18-25(27(32)33-2)23(26(31)29(18)16-22-9-6-14-34-22)15-19-10-12-21(13-11-19)35-17-24(30)28-20-7-4-3-5-8-20/h3-5,7-8,10-13,15,22H,6,9,14,16-17H2,1-2H3,(H,28,30)/b23-15-/t22-/m0/s1. The monoisotopic (exact) mass is 476 g/mol. The lowest BCUT2D eigenvalue weighted by Gasteiger charge is -2.21. The van der Waals surface area contributed by atoms with Gasteiger partial charge in [0.05, 0.1) is 30.9 Å². The van der Waals surface area contributed by atoms with Crippen molar-refractivity contribution in [3.8, 4) is 5.75 Å². The summed E-state index contributed by atoms with van der Waals surface area (Å²) in [6, 6.07) is 16.1. The number of carbonyl (C=O) groups excluding carboxylic acids is 3. The van der Waals surface area contributed by atoms with Gasteiger partial charge in [-0.2, -0.15) is 0 Å². The molecule has 2 amide bonds. The summed E-state index contributed by atoms with van der Waals surface area (Å²) in [6.07, 6.45) is 3.47. The van der Waals surface area contributed by atoms with Crippen molar-refractivity contribution in [2.45, 2.75) is 25.9 Å². The van der Waals surface area contributed by atoms with E-state index in [-0.39, 0.29) is 35.7 Å². The number of nitrogens with zero attached hydrogens (tertiary/aromatic N) is 1. The number of allylic oxidation sites excluding steroid dienone is 1. The van der Waals surface area contributed by atoms with Gasteiger partial charge in [-0.15, -0.1) is 0 Å². The predicted molar refractivity (Wildman–Crippen MR) is 130 cm³/mol. The molecule has 8 nitrogen and oxygen atoms in total. The average Bonchev–Trinajstić information content (AvgIpc) is 3.46. The molecule has 2 heterocycles. The van der Waals surface area contributed by atoms with E-state index >= 15 is 0 Å². The normalized spacial score (nSPS) is 18.8. The van der Waals surface area contributed by atoms with Gasteiger partial charge in [-0.25, -0.2) is 4.79 Å². The zero-order chi connectivity index (χ0) is 24.8. The van der Waals surface area contributed by atoms with Gasteiger partial charge in [-0.1, -0.05) is 30.3 Å². The van der Waals surface area contributed by atoms with Gasteiger partial charge < -0.3 is 24.4 Å². The van der Waals surface area contributed by atoms with Crippen molar-refractivity contribution in [2.24, 2.45) is 0 Å². The fourth-order valence-corrected chi connectivity index (χ4v) is 4.13. The maximum atomic E-state index is 13.2. The van der Waals surface area contributed by atoms with Crippen molar-refractivity contribution < 1.29 is 28.6 Å². The van der Waals surface area contributed by atoms with Crippen LogP contribution in [0.25, 0.3) is 6.08 Å². The molecule has 2 aromatic carbocycles. The Kier molecular flexibility index (Phi) is 7.62. The number of nitrogens with one attached hydrogen (secondary N) is 1. The summed E-state index contributed by atoms with van der Waals surface area (Å²) in [4.78, 5) is 39.4. The van der Waals surface area contributed by atoms with E-state index in [1.165, 1.54) is 7.11 Å². The molecule has 0 bridgehead atoms. The number of amides is 2. The molecular weight excluding hydrogens is 448 g/mol. The van der Waals surface area contributed by atoms with Crippen LogP contribution in [0.3, 0.4) is 0 Å². The minimum atomic E-state index is -0.554. The second kappa shape index (κ2) is 11.0. The Morgan fingerprint density at radius 2 is 1.89 bits per heavy atom. The van der Waals surface area contributed by atoms with Crippen molar-refractivity contribution in [3.63, 3.8) is 0 Å². The number of para-hydroxylation sites is 1. The van der Waals surface area contributed by atoms with E-state index in [4.69, 9.17) is 14.2 Å². The second-order valence-electron chi connectivity index (χ2n) is 8.33. The molecule has 0 unspecified atom stereocenters. The van der Waals surface area contributed by atoms with Gasteiger partial charge in [0.1, 0.15) is 5.75 Å². The maximum Gasteiger partial charge on any atom is 0.340 e. The molecule has 0 aromatic heterocycles. The van der Waals surface area contributed by atoms with E-state index in [0.29, 0.717) is 35.8 Å². The third kappa shape index (κ3) is 5.78. The van der Waals surface area contributed by atoms with Gasteiger partial charge in [-0.05, 0) is 55.7 Å². The van der Waals surface area contributed by atoms with Crippen LogP contribution >= 0.6 is 0 Å². The predicted octanol–water partition coefficient (Wildman–Crippen LogP) is 3.56. The third-order valence-electron chi connectivity index (χ3n) is 5.93. The fraction of sp³-hybridized carbons (Fsp3) is 0.296. The summed E-state index contributed by atoms with van der Waals surface area (Å²) in [5, 5.41) is 2.76. The molecule has 0 aliphatic carbocycles. The van der Waals surface area contributed by atoms with Crippen LogP contribution in [-0.2, 0) is 23.9 Å². The molecule has 0 radical (unpaired) electrons. The molecule has 0 spiro atoms. The highest BCUT2D eigenvalue weighted by molar-refractivity contribution is 6.16. The Bertz CT molecular complexity index is 1150. The van der Waals surface area contributed by atoms with Gasteiger partial charge in [0.2, 0.25) is 0 Å². The summed E-state index contributed by atoms with van der Waals surface area (Å²) < 4.78 is 16.2. The molecule has 8 heteroatoms. The SMILES string of the molecule is COC(=O)C1=C(C)N(C[C@@H]2CCCO2)C(=O)/C1=C\c1ccc(OCC(=O)Nc2ccccc2)cc1. The number of anilines is 1. The zero-order valence-corrected chi connectivity index (χ0v) is 19.8. The van der Waals surface area contributed by atoms with E-state index in [0.717, 1.165) is 12.8 Å². The molecule has 35 heavy (non-hydrogen) atoms. The third-order valence-corrected chi connectivity index (χ3v) is 5.93. The summed E-state index contributed by atoms with van der Waals surface area (Å²) in [5.74, 6) is -0.570. The first-order valence-electron chi connectivity index (χ1n) is 11.5. The van der Waals surface area contributed by atoms with Gasteiger partial charge in [0.25, 0.3) is 11.8 Å². The van der Waals surface area contributed by atoms with Gasteiger partial charge >= 0.3 is 5.97 Å². The van der Waals surface area contributed by atoms with E-state index in [1.807, 2.05) is 18.2 Å². The van der Waals surface area contributed by atoms with Crippen LogP contribution in [0.15, 0.2) is 71.4 Å². The summed E-state index contributed by atoms with van der Waals surface area (Å²) in [5.41, 5.74) is 2.51. The zero-order valence-electron chi connectivity index (χ0n) is 19.8. The van der Waals surface area contributed by atoms with Crippen LogP contribution in [-0.4, -0.2) is 55.7 Å². The summed E-state index contributed by atoms with van der Waals surface area (Å²) in [7, 11) is 1.30. The van der Waals surface area contributed by atoms with E-state index < -0.39 is 5.97 Å². The number of methoxy groups -OCH3 is 1. The Morgan fingerprint density at radius 1 is 1.14 bits per heavy atom. The molecular formula is C27H28N2O6. The topological polar surface area (TPSA) is 94.2 Å². The molecule has 2 aromatic rings. The highest BCUT2D eigenvalue weighted by Crippen LogP contribution is 2.33. The molecule has 1 atom stereocenters. The lowest BCUT2D eigenvalue weighted by molar-refractivity contribution is -0.136. The lowest BCUT2D eigenvalue weighted by atomic mass is 10.0. The molecule has 4 rings (SSSR count). The molecule has 1 fully saturated rings. The van der Waals surface area contributed by atoms with E-state index in [9.17, 15) is 14.4 Å². The number of ether oxygens (including phenoxy) is 3. The first-order valence-corrected chi connectivity index (χ1v) is 11.5. The Labute approximate surface area is 204 Å². The first-order chi connectivity index (χ1) is 17.0. The largest absolute Gasteiger partial charge is 0.484 e. The Balaban J connectivity index is 1.44. The number of hydrogen-bond acceptors (Lipinski definition) is 6. The lowest BCUT2D eigenvalue weighted by Crippen LogP contribution is -2.33.